The van der Waals surface area contributed by atoms with Crippen molar-refractivity contribution < 1.29 is 9.32 Å². The number of carbonyl (C=O) groups excluding carboxylic acids is 1. The molecule has 2 amide bonds. The molecule has 2 heterocycles. The maximum atomic E-state index is 12.4. The van der Waals surface area contributed by atoms with Crippen LogP contribution in [0.5, 0.6) is 0 Å². The van der Waals surface area contributed by atoms with Crippen molar-refractivity contribution >= 4 is 22.6 Å². The molecule has 0 spiro atoms. The third-order valence-electron chi connectivity index (χ3n) is 4.61. The minimum absolute atomic E-state index is 0.230. The van der Waals surface area contributed by atoms with E-state index in [0.717, 1.165) is 23.7 Å². The van der Waals surface area contributed by atoms with Gasteiger partial charge in [0.25, 0.3) is 0 Å². The second-order valence-electron chi connectivity index (χ2n) is 6.49. The Morgan fingerprint density at radius 2 is 2.24 bits per heavy atom. The van der Waals surface area contributed by atoms with Crippen LogP contribution in [0.1, 0.15) is 43.3 Å². The van der Waals surface area contributed by atoms with Crippen LogP contribution in [-0.2, 0) is 6.54 Å². The molecular weight excluding hydrogens is 320 g/mol. The number of urea groups is 1. The van der Waals surface area contributed by atoms with E-state index in [4.69, 9.17) is 4.52 Å². The zero-order valence-corrected chi connectivity index (χ0v) is 14.0. The molecule has 0 aliphatic heterocycles. The van der Waals surface area contributed by atoms with Gasteiger partial charge in [0.15, 0.2) is 5.82 Å². The lowest BCUT2D eigenvalue weighted by Crippen LogP contribution is -2.31. The first kappa shape index (κ1) is 15.6. The zero-order valence-electron chi connectivity index (χ0n) is 14.0. The van der Waals surface area contributed by atoms with E-state index < -0.39 is 0 Å². The molecule has 1 aliphatic carbocycles. The van der Waals surface area contributed by atoms with Crippen LogP contribution in [0.3, 0.4) is 0 Å². The van der Waals surface area contributed by atoms with E-state index in [2.05, 4.69) is 25.7 Å². The quantitative estimate of drug-likeness (QED) is 0.759. The fourth-order valence-corrected chi connectivity index (χ4v) is 3.19. The summed E-state index contributed by atoms with van der Waals surface area (Å²) in [6.45, 7) is 0.300. The molecule has 1 fully saturated rings. The second-order valence-corrected chi connectivity index (χ2v) is 6.49. The van der Waals surface area contributed by atoms with E-state index in [9.17, 15) is 4.79 Å². The van der Waals surface area contributed by atoms with Crippen molar-refractivity contribution in [1.29, 1.82) is 0 Å². The summed E-state index contributed by atoms with van der Waals surface area (Å²) < 4.78 is 5.36. The highest BCUT2D eigenvalue weighted by Crippen LogP contribution is 2.32. The Labute approximate surface area is 144 Å². The van der Waals surface area contributed by atoms with Crippen LogP contribution in [0.2, 0.25) is 0 Å². The molecule has 1 aromatic carbocycles. The van der Waals surface area contributed by atoms with Crippen LogP contribution in [0.25, 0.3) is 10.9 Å². The monoisotopic (exact) mass is 340 g/mol. The standard InChI is InChI=1S/C17H20N6O2/c1-23(10-15-20-16(25-22-15)11-4-2-3-5-11)17(24)19-13-7-6-12-9-18-21-14(12)8-13/h6-9,11H,2-5,10H2,1H3,(H,18,21)(H,19,24). The fourth-order valence-electron chi connectivity index (χ4n) is 3.19. The Bertz CT molecular complexity index is 880. The molecule has 8 nitrogen and oxygen atoms in total. The Kier molecular flexibility index (Phi) is 4.09. The number of carbonyl (C=O) groups is 1. The van der Waals surface area contributed by atoms with Crippen LogP contribution < -0.4 is 5.32 Å². The number of hydrogen-bond acceptors (Lipinski definition) is 5. The van der Waals surface area contributed by atoms with Gasteiger partial charge in [-0.1, -0.05) is 18.0 Å². The van der Waals surface area contributed by atoms with Gasteiger partial charge in [-0.2, -0.15) is 10.1 Å². The summed E-state index contributed by atoms with van der Waals surface area (Å²) in [4.78, 5) is 18.3. The van der Waals surface area contributed by atoms with Gasteiger partial charge in [-0.05, 0) is 31.0 Å². The number of rotatable bonds is 4. The van der Waals surface area contributed by atoms with Crippen LogP contribution in [0.15, 0.2) is 28.9 Å². The van der Waals surface area contributed by atoms with E-state index >= 15 is 0 Å². The van der Waals surface area contributed by atoms with Crippen molar-refractivity contribution in [1.82, 2.24) is 25.2 Å². The number of nitrogens with zero attached hydrogens (tertiary/aromatic N) is 4. The van der Waals surface area contributed by atoms with Gasteiger partial charge in [-0.3, -0.25) is 5.10 Å². The summed E-state index contributed by atoms with van der Waals surface area (Å²) in [5.41, 5.74) is 1.58. The predicted octanol–water partition coefficient (Wildman–Crippen LogP) is 3.27. The van der Waals surface area contributed by atoms with Gasteiger partial charge in [0, 0.05) is 24.0 Å². The van der Waals surface area contributed by atoms with Gasteiger partial charge in [0.1, 0.15) is 0 Å². The van der Waals surface area contributed by atoms with Gasteiger partial charge >= 0.3 is 6.03 Å². The summed E-state index contributed by atoms with van der Waals surface area (Å²) >= 11 is 0. The fraction of sp³-hybridized carbons (Fsp3) is 0.412. The number of anilines is 1. The largest absolute Gasteiger partial charge is 0.339 e. The number of benzene rings is 1. The van der Waals surface area contributed by atoms with E-state index in [0.29, 0.717) is 29.9 Å². The molecule has 1 saturated carbocycles. The Morgan fingerprint density at radius 3 is 3.08 bits per heavy atom. The lowest BCUT2D eigenvalue weighted by Gasteiger charge is -2.16. The highest BCUT2D eigenvalue weighted by atomic mass is 16.5. The average Bonchev–Trinajstić information content (AvgIpc) is 3.35. The summed E-state index contributed by atoms with van der Waals surface area (Å²) in [5.74, 6) is 1.61. The van der Waals surface area contributed by atoms with Crippen molar-refractivity contribution in [2.24, 2.45) is 0 Å². The summed E-state index contributed by atoms with van der Waals surface area (Å²) in [6.07, 6.45) is 6.38. The smallest absolute Gasteiger partial charge is 0.321 e. The molecule has 0 saturated heterocycles. The van der Waals surface area contributed by atoms with E-state index in [1.54, 1.807) is 13.2 Å². The van der Waals surface area contributed by atoms with Crippen molar-refractivity contribution in [3.63, 3.8) is 0 Å². The number of fused-ring (bicyclic) bond motifs is 1. The van der Waals surface area contributed by atoms with Crippen LogP contribution in [0.4, 0.5) is 10.5 Å². The molecule has 8 heteroatoms. The van der Waals surface area contributed by atoms with E-state index in [1.807, 2.05) is 18.2 Å². The first-order valence-corrected chi connectivity index (χ1v) is 8.47. The zero-order chi connectivity index (χ0) is 17.2. The first-order chi connectivity index (χ1) is 12.2. The molecule has 1 aliphatic rings. The van der Waals surface area contributed by atoms with Crippen molar-refractivity contribution in [2.45, 2.75) is 38.1 Å². The third-order valence-corrected chi connectivity index (χ3v) is 4.61. The third kappa shape index (κ3) is 3.33. The van der Waals surface area contributed by atoms with Gasteiger partial charge < -0.3 is 14.7 Å². The molecular formula is C17H20N6O2. The van der Waals surface area contributed by atoms with Crippen molar-refractivity contribution in [3.8, 4) is 0 Å². The molecule has 25 heavy (non-hydrogen) atoms. The molecule has 0 unspecified atom stereocenters. The lowest BCUT2D eigenvalue weighted by molar-refractivity contribution is 0.219. The maximum absolute atomic E-state index is 12.4. The number of hydrogen-bond donors (Lipinski definition) is 2. The summed E-state index contributed by atoms with van der Waals surface area (Å²) in [6, 6.07) is 5.37. The molecule has 0 radical (unpaired) electrons. The maximum Gasteiger partial charge on any atom is 0.321 e. The first-order valence-electron chi connectivity index (χ1n) is 8.47. The Balaban J connectivity index is 1.38. The highest BCUT2D eigenvalue weighted by molar-refractivity contribution is 5.92. The Morgan fingerprint density at radius 1 is 1.40 bits per heavy atom. The second kappa shape index (κ2) is 6.54. The minimum Gasteiger partial charge on any atom is -0.339 e. The van der Waals surface area contributed by atoms with Crippen LogP contribution in [0, 0.1) is 0 Å². The van der Waals surface area contributed by atoms with Crippen molar-refractivity contribution in [2.75, 3.05) is 12.4 Å². The molecule has 130 valence electrons. The predicted molar refractivity (Wildman–Crippen MR) is 92.1 cm³/mol. The van der Waals surface area contributed by atoms with Gasteiger partial charge in [0.05, 0.1) is 18.3 Å². The van der Waals surface area contributed by atoms with Crippen LogP contribution in [-0.4, -0.2) is 38.3 Å². The molecule has 0 bridgehead atoms. The van der Waals surface area contributed by atoms with Gasteiger partial charge in [-0.15, -0.1) is 0 Å². The number of aromatic nitrogens is 4. The van der Waals surface area contributed by atoms with Crippen LogP contribution >= 0.6 is 0 Å². The molecule has 2 aromatic heterocycles. The normalized spacial score (nSPS) is 14.9. The Hall–Kier alpha value is -2.90. The highest BCUT2D eigenvalue weighted by Gasteiger charge is 2.23. The minimum atomic E-state index is -0.230. The SMILES string of the molecule is CN(Cc1noc(C2CCCC2)n1)C(=O)Nc1ccc2cn[nH]c2c1. The number of aromatic amines is 1. The number of H-pyrrole nitrogens is 1. The lowest BCUT2D eigenvalue weighted by atomic mass is 10.1. The average molecular weight is 340 g/mol. The summed E-state index contributed by atoms with van der Waals surface area (Å²) in [5, 5.41) is 14.7. The molecule has 0 atom stereocenters. The molecule has 3 aromatic rings. The van der Waals surface area contributed by atoms with Gasteiger partial charge in [0.2, 0.25) is 5.89 Å². The molecule has 4 rings (SSSR count). The van der Waals surface area contributed by atoms with Crippen molar-refractivity contribution in [3.05, 3.63) is 36.1 Å². The molecule has 2 N–H and O–H groups in total. The van der Waals surface area contributed by atoms with Gasteiger partial charge in [-0.25, -0.2) is 4.79 Å². The number of nitrogens with one attached hydrogen (secondary N) is 2. The van der Waals surface area contributed by atoms with E-state index in [-0.39, 0.29) is 6.03 Å². The summed E-state index contributed by atoms with van der Waals surface area (Å²) in [7, 11) is 1.70. The number of amides is 2. The van der Waals surface area contributed by atoms with E-state index in [1.165, 1.54) is 17.7 Å². The topological polar surface area (TPSA) is 99.9 Å².